The molecule has 138 valence electrons. The molecular formula is C23H24N2O2. The Bertz CT molecular complexity index is 829. The Morgan fingerprint density at radius 1 is 1.04 bits per heavy atom. The molecule has 2 unspecified atom stereocenters. The number of fused-ring (bicyclic) bond motifs is 2. The van der Waals surface area contributed by atoms with E-state index < -0.39 is 0 Å². The molecule has 27 heavy (non-hydrogen) atoms. The Morgan fingerprint density at radius 2 is 1.70 bits per heavy atom. The van der Waals surface area contributed by atoms with Crippen molar-refractivity contribution >= 4 is 5.78 Å². The van der Waals surface area contributed by atoms with Crippen LogP contribution in [0.2, 0.25) is 0 Å². The van der Waals surface area contributed by atoms with Crippen LogP contribution in [-0.2, 0) is 22.5 Å². The zero-order valence-electron chi connectivity index (χ0n) is 15.4. The number of hydrogen-bond acceptors (Lipinski definition) is 4. The lowest BCUT2D eigenvalue weighted by molar-refractivity contribution is -0.133. The molecule has 2 saturated heterocycles. The van der Waals surface area contributed by atoms with E-state index in [0.29, 0.717) is 25.2 Å². The van der Waals surface area contributed by atoms with Crippen LogP contribution >= 0.6 is 0 Å². The first-order valence-corrected chi connectivity index (χ1v) is 9.62. The second-order valence-electron chi connectivity index (χ2n) is 7.58. The van der Waals surface area contributed by atoms with Gasteiger partial charge in [-0.05, 0) is 30.0 Å². The lowest BCUT2D eigenvalue weighted by Gasteiger charge is -2.48. The smallest absolute Gasteiger partial charge is 0.140 e. The predicted octanol–water partition coefficient (Wildman–Crippen LogP) is 3.35. The third-order valence-electron chi connectivity index (χ3n) is 5.84. The number of nitriles is 1. The van der Waals surface area contributed by atoms with Gasteiger partial charge in [-0.25, -0.2) is 0 Å². The van der Waals surface area contributed by atoms with Gasteiger partial charge in [-0.1, -0.05) is 48.5 Å². The summed E-state index contributed by atoms with van der Waals surface area (Å²) in [5.41, 5.74) is 2.76. The molecule has 2 aliphatic rings. The third kappa shape index (κ3) is 3.95. The molecule has 2 aliphatic heterocycles. The first kappa shape index (κ1) is 17.9. The van der Waals surface area contributed by atoms with Crippen LogP contribution in [0.25, 0.3) is 0 Å². The molecule has 0 radical (unpaired) electrons. The molecule has 4 nitrogen and oxygen atoms in total. The van der Waals surface area contributed by atoms with E-state index in [1.54, 1.807) is 6.07 Å². The number of benzene rings is 2. The fourth-order valence-electron chi connectivity index (χ4n) is 4.42. The van der Waals surface area contributed by atoms with E-state index in [1.165, 1.54) is 5.56 Å². The number of nitrogens with zero attached hydrogens (tertiary/aromatic N) is 2. The van der Waals surface area contributed by atoms with Gasteiger partial charge in [-0.15, -0.1) is 0 Å². The lowest BCUT2D eigenvalue weighted by Crippen LogP contribution is -2.57. The number of ether oxygens (including phenoxy) is 1. The number of rotatable bonds is 5. The highest BCUT2D eigenvalue weighted by Gasteiger charge is 2.41. The topological polar surface area (TPSA) is 53.3 Å². The number of morpholine rings is 1. The highest BCUT2D eigenvalue weighted by molar-refractivity contribution is 5.84. The summed E-state index contributed by atoms with van der Waals surface area (Å²) in [5, 5.41) is 9.26. The van der Waals surface area contributed by atoms with Gasteiger partial charge in [0.05, 0.1) is 24.8 Å². The normalized spacial score (nSPS) is 24.9. The number of Topliss-reactive ketones (excluding diaryl/α,β-unsaturated/α-hetero) is 1. The first-order valence-electron chi connectivity index (χ1n) is 9.62. The molecule has 0 aliphatic carbocycles. The molecule has 0 N–H and O–H groups in total. The Balaban J connectivity index is 1.45. The molecule has 0 amide bonds. The molecule has 0 spiro atoms. The summed E-state index contributed by atoms with van der Waals surface area (Å²) in [6, 6.07) is 20.7. The summed E-state index contributed by atoms with van der Waals surface area (Å²) in [4.78, 5) is 15.5. The molecule has 2 bridgehead atoms. The fourth-order valence-corrected chi connectivity index (χ4v) is 4.42. The summed E-state index contributed by atoms with van der Waals surface area (Å²) in [5.74, 6) is 0.316. The van der Waals surface area contributed by atoms with Crippen molar-refractivity contribution in [1.82, 2.24) is 4.90 Å². The Kier molecular flexibility index (Phi) is 5.33. The molecule has 0 saturated carbocycles. The van der Waals surface area contributed by atoms with Crippen molar-refractivity contribution in [3.05, 3.63) is 71.3 Å². The van der Waals surface area contributed by atoms with Gasteiger partial charge in [0, 0.05) is 31.0 Å². The maximum atomic E-state index is 13.0. The van der Waals surface area contributed by atoms with E-state index in [2.05, 4.69) is 35.2 Å². The maximum Gasteiger partial charge on any atom is 0.140 e. The van der Waals surface area contributed by atoms with Crippen molar-refractivity contribution in [2.45, 2.75) is 37.9 Å². The van der Waals surface area contributed by atoms with Crippen LogP contribution < -0.4 is 0 Å². The largest absolute Gasteiger partial charge is 0.378 e. The van der Waals surface area contributed by atoms with Gasteiger partial charge in [0.2, 0.25) is 0 Å². The number of ketones is 1. The van der Waals surface area contributed by atoms with E-state index in [-0.39, 0.29) is 23.8 Å². The second-order valence-corrected chi connectivity index (χ2v) is 7.58. The highest BCUT2D eigenvalue weighted by Crippen LogP contribution is 2.34. The molecule has 2 fully saturated rings. The van der Waals surface area contributed by atoms with Crippen molar-refractivity contribution in [2.24, 2.45) is 5.92 Å². The summed E-state index contributed by atoms with van der Waals surface area (Å²) < 4.78 is 5.79. The van der Waals surface area contributed by atoms with Gasteiger partial charge in [-0.2, -0.15) is 5.26 Å². The number of carbonyl (C=O) groups excluding carboxylic acids is 1. The molecule has 4 heteroatoms. The number of carbonyl (C=O) groups is 1. The first-order chi connectivity index (χ1) is 13.2. The van der Waals surface area contributed by atoms with Gasteiger partial charge in [-0.3, -0.25) is 9.69 Å². The van der Waals surface area contributed by atoms with E-state index in [0.717, 1.165) is 24.9 Å². The molecule has 2 atom stereocenters. The summed E-state index contributed by atoms with van der Waals surface area (Å²) >= 11 is 0. The lowest BCUT2D eigenvalue weighted by atomic mass is 9.80. The SMILES string of the molecule is N#Cc1ccccc1CC(=O)C1CC2COCC(C1)N2Cc1ccccc1. The average molecular weight is 360 g/mol. The quantitative estimate of drug-likeness (QED) is 0.821. The minimum Gasteiger partial charge on any atom is -0.378 e. The van der Waals surface area contributed by atoms with Gasteiger partial charge in [0.25, 0.3) is 0 Å². The monoisotopic (exact) mass is 360 g/mol. The van der Waals surface area contributed by atoms with Gasteiger partial charge < -0.3 is 4.74 Å². The van der Waals surface area contributed by atoms with Gasteiger partial charge in [0.15, 0.2) is 0 Å². The maximum absolute atomic E-state index is 13.0. The average Bonchev–Trinajstić information content (AvgIpc) is 2.69. The van der Waals surface area contributed by atoms with Crippen molar-refractivity contribution in [3.8, 4) is 6.07 Å². The minimum absolute atomic E-state index is 0.0580. The fraction of sp³-hybridized carbons (Fsp3) is 0.391. The highest BCUT2D eigenvalue weighted by atomic mass is 16.5. The third-order valence-corrected chi connectivity index (χ3v) is 5.84. The Labute approximate surface area is 160 Å². The molecule has 2 heterocycles. The van der Waals surface area contributed by atoms with Crippen LogP contribution in [-0.4, -0.2) is 36.0 Å². The van der Waals surface area contributed by atoms with E-state index >= 15 is 0 Å². The summed E-state index contributed by atoms with van der Waals surface area (Å²) in [6.45, 7) is 2.31. The molecule has 4 rings (SSSR count). The van der Waals surface area contributed by atoms with Crippen LogP contribution in [0.15, 0.2) is 54.6 Å². The molecule has 2 aromatic rings. The Morgan fingerprint density at radius 3 is 2.41 bits per heavy atom. The van der Waals surface area contributed by atoms with Crippen molar-refractivity contribution in [3.63, 3.8) is 0 Å². The Hall–Kier alpha value is -2.48. The molecule has 0 aromatic heterocycles. The van der Waals surface area contributed by atoms with Crippen molar-refractivity contribution in [2.75, 3.05) is 13.2 Å². The summed E-state index contributed by atoms with van der Waals surface area (Å²) in [7, 11) is 0. The number of hydrogen-bond donors (Lipinski definition) is 0. The van der Waals surface area contributed by atoms with Crippen LogP contribution in [0.3, 0.4) is 0 Å². The van der Waals surface area contributed by atoms with Crippen LogP contribution in [0.4, 0.5) is 0 Å². The summed E-state index contributed by atoms with van der Waals surface area (Å²) in [6.07, 6.45) is 2.04. The predicted molar refractivity (Wildman–Crippen MR) is 103 cm³/mol. The zero-order valence-corrected chi connectivity index (χ0v) is 15.4. The molecular weight excluding hydrogens is 336 g/mol. The van der Waals surface area contributed by atoms with E-state index in [9.17, 15) is 10.1 Å². The van der Waals surface area contributed by atoms with Crippen LogP contribution in [0.1, 0.15) is 29.5 Å². The van der Waals surface area contributed by atoms with Crippen molar-refractivity contribution < 1.29 is 9.53 Å². The zero-order chi connectivity index (χ0) is 18.6. The van der Waals surface area contributed by atoms with Crippen LogP contribution in [0, 0.1) is 17.2 Å². The second kappa shape index (κ2) is 8.04. The minimum atomic E-state index is 0.0580. The van der Waals surface area contributed by atoms with Gasteiger partial charge >= 0.3 is 0 Å². The van der Waals surface area contributed by atoms with E-state index in [1.807, 2.05) is 24.3 Å². The van der Waals surface area contributed by atoms with Gasteiger partial charge in [0.1, 0.15) is 5.78 Å². The van der Waals surface area contributed by atoms with E-state index in [4.69, 9.17) is 4.74 Å². The van der Waals surface area contributed by atoms with Crippen molar-refractivity contribution in [1.29, 1.82) is 5.26 Å². The standard InChI is InChI=1S/C23H24N2O2/c24-13-19-9-5-4-8-18(19)12-23(26)20-10-21-15-27-16-22(11-20)25(21)14-17-6-2-1-3-7-17/h1-9,20-22H,10-12,14-16H2. The molecule has 2 aromatic carbocycles. The van der Waals surface area contributed by atoms with Crippen LogP contribution in [0.5, 0.6) is 0 Å². The number of piperidine rings is 1.